The number of aryl methyl sites for hydroxylation is 1. The lowest BCUT2D eigenvalue weighted by atomic mass is 10.0. The molecule has 0 unspecified atom stereocenters. The number of rotatable bonds is 17. The molecule has 3 heteroatoms. The van der Waals surface area contributed by atoms with Crippen LogP contribution in [0.3, 0.4) is 0 Å². The Kier molecular flexibility index (Phi) is 21.3. The van der Waals surface area contributed by atoms with Gasteiger partial charge in [-0.05, 0) is 32.0 Å². The number of unbranched alkanes of at least 4 members (excludes halogenated alkanes) is 15. The number of carbonyl (C=O) groups is 1. The third kappa shape index (κ3) is 18.7. The first-order chi connectivity index (χ1) is 14.7. The van der Waals surface area contributed by atoms with E-state index in [0.29, 0.717) is 5.56 Å². The number of methoxy groups -OCH3 is 1. The second kappa shape index (κ2) is 22.3. The van der Waals surface area contributed by atoms with Crippen LogP contribution in [-0.2, 0) is 4.74 Å². The smallest absolute Gasteiger partial charge is 0.337 e. The maximum Gasteiger partial charge on any atom is 0.337 e. The van der Waals surface area contributed by atoms with Gasteiger partial charge in [0, 0.05) is 0 Å². The molecule has 0 radical (unpaired) electrons. The summed E-state index contributed by atoms with van der Waals surface area (Å²) < 4.78 is 4.54. The zero-order valence-corrected chi connectivity index (χ0v) is 20.2. The predicted octanol–water partition coefficient (Wildman–Crippen LogP) is 7.99. The zero-order chi connectivity index (χ0) is 22.3. The van der Waals surface area contributed by atoms with Gasteiger partial charge in [-0.15, -0.1) is 0 Å². The number of hydrogen-bond donors (Lipinski definition) is 1. The van der Waals surface area contributed by atoms with Crippen LogP contribution >= 0.6 is 0 Å². The highest BCUT2D eigenvalue weighted by Crippen LogP contribution is 2.13. The van der Waals surface area contributed by atoms with E-state index in [2.05, 4.69) is 11.7 Å². The summed E-state index contributed by atoms with van der Waals surface area (Å²) in [5.41, 5.74) is 7.21. The fraction of sp³-hybridized carbons (Fsp3) is 0.741. The molecule has 30 heavy (non-hydrogen) atoms. The minimum Gasteiger partial charge on any atom is -0.465 e. The Labute approximate surface area is 187 Å². The molecule has 0 bridgehead atoms. The highest BCUT2D eigenvalue weighted by molar-refractivity contribution is 5.89. The van der Waals surface area contributed by atoms with Crippen molar-refractivity contribution in [1.82, 2.24) is 0 Å². The maximum absolute atomic E-state index is 10.9. The topological polar surface area (TPSA) is 52.3 Å². The highest BCUT2D eigenvalue weighted by atomic mass is 16.5. The van der Waals surface area contributed by atoms with Crippen LogP contribution in [0.2, 0.25) is 0 Å². The van der Waals surface area contributed by atoms with Gasteiger partial charge in [-0.1, -0.05) is 121 Å². The van der Waals surface area contributed by atoms with Gasteiger partial charge < -0.3 is 10.5 Å². The highest BCUT2D eigenvalue weighted by Gasteiger charge is 2.02. The molecule has 0 atom stereocenters. The van der Waals surface area contributed by atoms with Crippen LogP contribution in [0.5, 0.6) is 0 Å². The molecule has 1 rings (SSSR count). The van der Waals surface area contributed by atoms with Gasteiger partial charge in [0.2, 0.25) is 0 Å². The van der Waals surface area contributed by atoms with Gasteiger partial charge in [0.1, 0.15) is 0 Å². The average Bonchev–Trinajstić information content (AvgIpc) is 2.77. The monoisotopic (exact) mass is 419 g/mol. The van der Waals surface area contributed by atoms with Crippen LogP contribution < -0.4 is 5.73 Å². The standard InChI is InChI=1S/C18H39N.C9H10O2/c1-2-3-4-5-6-7-8-9-10-11-12-13-14-15-16-17-18-19;1-7-3-5-8(6-4-7)9(10)11-2/h2-19H2,1H3;3-6H,1-2H3. The van der Waals surface area contributed by atoms with Crippen molar-refractivity contribution in [3.63, 3.8) is 0 Å². The number of nitrogens with two attached hydrogens (primary N) is 1. The van der Waals surface area contributed by atoms with E-state index >= 15 is 0 Å². The summed E-state index contributed by atoms with van der Waals surface area (Å²) >= 11 is 0. The van der Waals surface area contributed by atoms with Crippen LogP contribution in [0.15, 0.2) is 24.3 Å². The molecule has 0 amide bonds. The predicted molar refractivity (Wildman–Crippen MR) is 131 cm³/mol. The first kappa shape index (κ1) is 28.6. The fourth-order valence-corrected chi connectivity index (χ4v) is 3.50. The van der Waals surface area contributed by atoms with Crippen molar-refractivity contribution in [3.05, 3.63) is 35.4 Å². The Hall–Kier alpha value is -1.35. The van der Waals surface area contributed by atoms with Crippen LogP contribution in [0.25, 0.3) is 0 Å². The third-order valence-electron chi connectivity index (χ3n) is 5.53. The first-order valence-electron chi connectivity index (χ1n) is 12.5. The second-order valence-corrected chi connectivity index (χ2v) is 8.45. The minimum absolute atomic E-state index is 0.287. The van der Waals surface area contributed by atoms with E-state index in [1.165, 1.54) is 110 Å². The molecule has 0 heterocycles. The van der Waals surface area contributed by atoms with Gasteiger partial charge in [0.15, 0.2) is 0 Å². The van der Waals surface area contributed by atoms with Crippen LogP contribution in [-0.4, -0.2) is 19.6 Å². The van der Waals surface area contributed by atoms with E-state index in [-0.39, 0.29) is 5.97 Å². The summed E-state index contributed by atoms with van der Waals surface area (Å²) in [6.07, 6.45) is 22.9. The summed E-state index contributed by atoms with van der Waals surface area (Å²) in [6.45, 7) is 5.14. The SMILES string of the molecule is CCCCCCCCCCCCCCCCCCN.COC(=O)c1ccc(C)cc1. The Balaban J connectivity index is 0.000000642. The Morgan fingerprint density at radius 3 is 1.40 bits per heavy atom. The van der Waals surface area contributed by atoms with Gasteiger partial charge in [0.05, 0.1) is 12.7 Å². The Bertz CT molecular complexity index is 468. The van der Waals surface area contributed by atoms with Crippen LogP contribution in [0, 0.1) is 6.92 Å². The quantitative estimate of drug-likeness (QED) is 0.206. The lowest BCUT2D eigenvalue weighted by Crippen LogP contribution is -2.00. The Morgan fingerprint density at radius 1 is 0.700 bits per heavy atom. The summed E-state index contributed by atoms with van der Waals surface area (Å²) in [6, 6.07) is 7.26. The molecule has 0 aromatic heterocycles. The van der Waals surface area contributed by atoms with E-state index in [1.807, 2.05) is 19.1 Å². The molecule has 2 N–H and O–H groups in total. The molecule has 1 aromatic carbocycles. The van der Waals surface area contributed by atoms with Gasteiger partial charge in [0.25, 0.3) is 0 Å². The summed E-state index contributed by atoms with van der Waals surface area (Å²) in [5.74, 6) is -0.287. The van der Waals surface area contributed by atoms with Crippen molar-refractivity contribution < 1.29 is 9.53 Å². The lowest BCUT2D eigenvalue weighted by Gasteiger charge is -2.03. The van der Waals surface area contributed by atoms with Crippen LogP contribution in [0.4, 0.5) is 0 Å². The third-order valence-corrected chi connectivity index (χ3v) is 5.53. The van der Waals surface area contributed by atoms with E-state index in [1.54, 1.807) is 12.1 Å². The number of carbonyl (C=O) groups excluding carboxylic acids is 1. The number of benzene rings is 1. The van der Waals surface area contributed by atoms with E-state index in [9.17, 15) is 4.79 Å². The molecule has 3 nitrogen and oxygen atoms in total. The molecule has 0 saturated carbocycles. The van der Waals surface area contributed by atoms with Gasteiger partial charge in [-0.2, -0.15) is 0 Å². The molecule has 0 aliphatic carbocycles. The number of esters is 1. The number of hydrogen-bond acceptors (Lipinski definition) is 3. The summed E-state index contributed by atoms with van der Waals surface area (Å²) in [4.78, 5) is 10.9. The zero-order valence-electron chi connectivity index (χ0n) is 20.2. The molecule has 0 spiro atoms. The van der Waals surface area contributed by atoms with Crippen molar-refractivity contribution in [3.8, 4) is 0 Å². The second-order valence-electron chi connectivity index (χ2n) is 8.45. The largest absolute Gasteiger partial charge is 0.465 e. The molecule has 0 fully saturated rings. The molecule has 0 aliphatic rings. The van der Waals surface area contributed by atoms with Crippen LogP contribution in [0.1, 0.15) is 126 Å². The summed E-state index contributed by atoms with van der Waals surface area (Å²) in [7, 11) is 1.38. The lowest BCUT2D eigenvalue weighted by molar-refractivity contribution is 0.0600. The molecular formula is C27H49NO2. The van der Waals surface area contributed by atoms with Gasteiger partial charge >= 0.3 is 5.97 Å². The molecule has 174 valence electrons. The van der Waals surface area contributed by atoms with E-state index in [0.717, 1.165) is 12.1 Å². The first-order valence-corrected chi connectivity index (χ1v) is 12.5. The molecule has 0 saturated heterocycles. The van der Waals surface area contributed by atoms with Crippen molar-refractivity contribution in [2.24, 2.45) is 5.73 Å². The average molecular weight is 420 g/mol. The van der Waals surface area contributed by atoms with E-state index < -0.39 is 0 Å². The molecule has 1 aromatic rings. The van der Waals surface area contributed by atoms with Gasteiger partial charge in [-0.3, -0.25) is 0 Å². The van der Waals surface area contributed by atoms with Crippen molar-refractivity contribution in [2.75, 3.05) is 13.7 Å². The molecule has 0 aliphatic heterocycles. The van der Waals surface area contributed by atoms with Crippen molar-refractivity contribution in [2.45, 2.75) is 117 Å². The fourth-order valence-electron chi connectivity index (χ4n) is 3.50. The van der Waals surface area contributed by atoms with Crippen molar-refractivity contribution in [1.29, 1.82) is 0 Å². The summed E-state index contributed by atoms with van der Waals surface area (Å²) in [5, 5.41) is 0. The maximum atomic E-state index is 10.9. The molecular weight excluding hydrogens is 370 g/mol. The minimum atomic E-state index is -0.287. The normalized spacial score (nSPS) is 10.4. The van der Waals surface area contributed by atoms with Gasteiger partial charge in [-0.25, -0.2) is 4.79 Å². The number of ether oxygens (including phenoxy) is 1. The Morgan fingerprint density at radius 2 is 1.07 bits per heavy atom. The van der Waals surface area contributed by atoms with Crippen molar-refractivity contribution >= 4 is 5.97 Å². The van der Waals surface area contributed by atoms with E-state index in [4.69, 9.17) is 5.73 Å².